The second-order valence-corrected chi connectivity index (χ2v) is 7.35. The molecule has 150 valence electrons. The molecule has 28 heavy (non-hydrogen) atoms. The summed E-state index contributed by atoms with van der Waals surface area (Å²) in [4.78, 5) is 12.6. The average molecular weight is 450 g/mol. The molecule has 6 nitrogen and oxygen atoms in total. The van der Waals surface area contributed by atoms with Gasteiger partial charge in [0.2, 0.25) is 11.7 Å². The summed E-state index contributed by atoms with van der Waals surface area (Å²) in [5.41, 5.74) is 1.89. The lowest BCUT2D eigenvalue weighted by Crippen LogP contribution is -2.32. The van der Waals surface area contributed by atoms with E-state index in [1.165, 1.54) is 0 Å². The normalized spacial score (nSPS) is 15.2. The van der Waals surface area contributed by atoms with Crippen LogP contribution in [0.2, 0.25) is 0 Å². The van der Waals surface area contributed by atoms with Gasteiger partial charge < -0.3 is 24.3 Å². The first-order valence-electron chi connectivity index (χ1n) is 9.06. The molecule has 0 fully saturated rings. The number of hydrogen-bond acceptors (Lipinski definition) is 5. The lowest BCUT2D eigenvalue weighted by Gasteiger charge is -2.27. The van der Waals surface area contributed by atoms with Gasteiger partial charge in [-0.25, -0.2) is 0 Å². The van der Waals surface area contributed by atoms with Crippen molar-refractivity contribution >= 4 is 21.8 Å². The third kappa shape index (κ3) is 4.35. The van der Waals surface area contributed by atoms with E-state index in [1.807, 2.05) is 30.3 Å². The summed E-state index contributed by atoms with van der Waals surface area (Å²) >= 11 is 3.48. The first-order valence-corrected chi connectivity index (χ1v) is 9.86. The Morgan fingerprint density at radius 2 is 1.93 bits per heavy atom. The van der Waals surface area contributed by atoms with Gasteiger partial charge in [-0.15, -0.1) is 0 Å². The third-order valence-corrected chi connectivity index (χ3v) is 5.25. The minimum atomic E-state index is -0.0546. The summed E-state index contributed by atoms with van der Waals surface area (Å²) < 4.78 is 22.9. The van der Waals surface area contributed by atoms with Crippen molar-refractivity contribution in [3.05, 3.63) is 45.9 Å². The molecule has 0 bridgehead atoms. The van der Waals surface area contributed by atoms with Crippen molar-refractivity contribution in [3.63, 3.8) is 0 Å². The van der Waals surface area contributed by atoms with Crippen molar-refractivity contribution in [2.45, 2.75) is 25.3 Å². The van der Waals surface area contributed by atoms with E-state index >= 15 is 0 Å². The number of carbonyl (C=O) groups is 1. The molecule has 0 saturated heterocycles. The number of aryl methyl sites for hydroxylation is 1. The molecular formula is C21H24BrNO5. The van der Waals surface area contributed by atoms with Crippen LogP contribution in [0, 0.1) is 0 Å². The van der Waals surface area contributed by atoms with Gasteiger partial charge in [-0.05, 0) is 36.2 Å². The van der Waals surface area contributed by atoms with Crippen LogP contribution < -0.4 is 24.3 Å². The standard InChI is InChI=1S/C21H24BrNO5/c1-25-18-7-4-13(20(26-2)21(18)27-3)5-9-19(24)23-16-10-11-28-17-8-6-14(22)12-15(16)17/h4,6-8,12,16H,5,9-11H2,1-3H3,(H,23,24). The highest BCUT2D eigenvalue weighted by molar-refractivity contribution is 9.10. The predicted octanol–water partition coefficient (Wildman–Crippen LogP) is 4.05. The van der Waals surface area contributed by atoms with Gasteiger partial charge in [-0.2, -0.15) is 0 Å². The summed E-state index contributed by atoms with van der Waals surface area (Å²) in [5, 5.41) is 3.12. The highest BCUT2D eigenvalue weighted by Gasteiger charge is 2.23. The number of carbonyl (C=O) groups excluding carboxylic acids is 1. The van der Waals surface area contributed by atoms with Gasteiger partial charge >= 0.3 is 0 Å². The minimum Gasteiger partial charge on any atom is -0.493 e. The van der Waals surface area contributed by atoms with Gasteiger partial charge in [-0.1, -0.05) is 22.0 Å². The maximum Gasteiger partial charge on any atom is 0.220 e. The number of methoxy groups -OCH3 is 3. The molecule has 1 heterocycles. The molecule has 0 aliphatic carbocycles. The van der Waals surface area contributed by atoms with Crippen LogP contribution in [0.4, 0.5) is 0 Å². The molecule has 0 aromatic heterocycles. The van der Waals surface area contributed by atoms with Crippen LogP contribution in [-0.2, 0) is 11.2 Å². The largest absolute Gasteiger partial charge is 0.493 e. The summed E-state index contributed by atoms with van der Waals surface area (Å²) in [6, 6.07) is 9.52. The van der Waals surface area contributed by atoms with E-state index in [0.29, 0.717) is 36.7 Å². The van der Waals surface area contributed by atoms with Gasteiger partial charge in [-0.3, -0.25) is 4.79 Å². The number of halogens is 1. The fourth-order valence-electron chi connectivity index (χ4n) is 3.39. The number of ether oxygens (including phenoxy) is 4. The van der Waals surface area contributed by atoms with Gasteiger partial charge in [0.25, 0.3) is 0 Å². The highest BCUT2D eigenvalue weighted by Crippen LogP contribution is 2.40. The maximum absolute atomic E-state index is 12.6. The molecule has 2 aromatic rings. The monoisotopic (exact) mass is 449 g/mol. The van der Waals surface area contributed by atoms with Crippen LogP contribution in [0.3, 0.4) is 0 Å². The maximum atomic E-state index is 12.6. The Labute approximate surface area is 173 Å². The quantitative estimate of drug-likeness (QED) is 0.690. The van der Waals surface area contributed by atoms with Crippen molar-refractivity contribution in [1.82, 2.24) is 5.32 Å². The molecule has 2 aromatic carbocycles. The van der Waals surface area contributed by atoms with E-state index in [1.54, 1.807) is 21.3 Å². The van der Waals surface area contributed by atoms with Crippen molar-refractivity contribution < 1.29 is 23.7 Å². The molecule has 7 heteroatoms. The van der Waals surface area contributed by atoms with Crippen LogP contribution in [0.15, 0.2) is 34.8 Å². The number of rotatable bonds is 7. The molecule has 1 atom stereocenters. The second kappa shape index (κ2) is 9.19. The molecular weight excluding hydrogens is 426 g/mol. The number of fused-ring (bicyclic) bond motifs is 1. The molecule has 1 N–H and O–H groups in total. The Morgan fingerprint density at radius 3 is 2.64 bits per heavy atom. The van der Waals surface area contributed by atoms with E-state index < -0.39 is 0 Å². The van der Waals surface area contributed by atoms with E-state index in [-0.39, 0.29) is 11.9 Å². The number of nitrogens with one attached hydrogen (secondary N) is 1. The average Bonchev–Trinajstić information content (AvgIpc) is 2.71. The summed E-state index contributed by atoms with van der Waals surface area (Å²) in [6.45, 7) is 0.586. The zero-order chi connectivity index (χ0) is 20.1. The van der Waals surface area contributed by atoms with Crippen molar-refractivity contribution in [2.24, 2.45) is 0 Å². The lowest BCUT2D eigenvalue weighted by atomic mass is 10.00. The fraction of sp³-hybridized carbons (Fsp3) is 0.381. The molecule has 1 aliphatic rings. The first-order chi connectivity index (χ1) is 13.6. The van der Waals surface area contributed by atoms with Crippen molar-refractivity contribution in [2.75, 3.05) is 27.9 Å². The summed E-state index contributed by atoms with van der Waals surface area (Å²) in [6.07, 6.45) is 1.62. The van der Waals surface area contributed by atoms with Crippen molar-refractivity contribution in [1.29, 1.82) is 0 Å². The molecule has 1 aliphatic heterocycles. The number of hydrogen-bond donors (Lipinski definition) is 1. The van der Waals surface area contributed by atoms with E-state index in [0.717, 1.165) is 27.8 Å². The lowest BCUT2D eigenvalue weighted by molar-refractivity contribution is -0.122. The van der Waals surface area contributed by atoms with E-state index in [9.17, 15) is 4.79 Å². The van der Waals surface area contributed by atoms with Gasteiger partial charge in [0.1, 0.15) is 5.75 Å². The molecule has 0 radical (unpaired) electrons. The SMILES string of the molecule is COc1ccc(CCC(=O)NC2CCOc3ccc(Br)cc32)c(OC)c1OC. The first kappa shape index (κ1) is 20.3. The summed E-state index contributed by atoms with van der Waals surface area (Å²) in [7, 11) is 4.73. The predicted molar refractivity (Wildman–Crippen MR) is 110 cm³/mol. The molecule has 1 unspecified atom stereocenters. The zero-order valence-corrected chi connectivity index (χ0v) is 17.8. The fourth-order valence-corrected chi connectivity index (χ4v) is 3.77. The molecule has 0 saturated carbocycles. The second-order valence-electron chi connectivity index (χ2n) is 6.43. The Bertz CT molecular complexity index is 855. The van der Waals surface area contributed by atoms with Gasteiger partial charge in [0, 0.05) is 22.9 Å². The molecule has 0 spiro atoms. The summed E-state index contributed by atoms with van der Waals surface area (Å²) in [5.74, 6) is 2.52. The topological polar surface area (TPSA) is 66.0 Å². The van der Waals surface area contributed by atoms with Crippen LogP contribution in [-0.4, -0.2) is 33.8 Å². The Hall–Kier alpha value is -2.41. The zero-order valence-electron chi connectivity index (χ0n) is 16.2. The Balaban J connectivity index is 1.68. The number of benzene rings is 2. The molecule has 1 amide bonds. The van der Waals surface area contributed by atoms with Crippen LogP contribution >= 0.6 is 15.9 Å². The van der Waals surface area contributed by atoms with Crippen LogP contribution in [0.5, 0.6) is 23.0 Å². The minimum absolute atomic E-state index is 0.0188. The smallest absolute Gasteiger partial charge is 0.220 e. The van der Waals surface area contributed by atoms with E-state index in [2.05, 4.69) is 21.2 Å². The third-order valence-electron chi connectivity index (χ3n) is 4.75. The Kier molecular flexibility index (Phi) is 6.67. The number of amides is 1. The van der Waals surface area contributed by atoms with Crippen LogP contribution in [0.1, 0.15) is 30.0 Å². The van der Waals surface area contributed by atoms with Gasteiger partial charge in [0.15, 0.2) is 11.5 Å². The van der Waals surface area contributed by atoms with Gasteiger partial charge in [0.05, 0.1) is 34.0 Å². The molecule has 3 rings (SSSR count). The van der Waals surface area contributed by atoms with E-state index in [4.69, 9.17) is 18.9 Å². The van der Waals surface area contributed by atoms with Crippen LogP contribution in [0.25, 0.3) is 0 Å². The van der Waals surface area contributed by atoms with Crippen molar-refractivity contribution in [3.8, 4) is 23.0 Å². The highest BCUT2D eigenvalue weighted by atomic mass is 79.9. The Morgan fingerprint density at radius 1 is 1.14 bits per heavy atom.